The van der Waals surface area contributed by atoms with Gasteiger partial charge in [-0.1, -0.05) is 90.3 Å². The summed E-state index contributed by atoms with van der Waals surface area (Å²) in [7, 11) is 5.18. The van der Waals surface area contributed by atoms with Gasteiger partial charge in [0, 0.05) is 26.6 Å². The van der Waals surface area contributed by atoms with Gasteiger partial charge in [0.2, 0.25) is 0 Å². The lowest BCUT2D eigenvalue weighted by Gasteiger charge is -2.58. The Bertz CT molecular complexity index is 1030. The molecular formula is C39H66N2O2. The summed E-state index contributed by atoms with van der Waals surface area (Å²) in [5, 5.41) is 11.8. The second-order valence-corrected chi connectivity index (χ2v) is 14.4. The van der Waals surface area contributed by atoms with Crippen molar-refractivity contribution in [3.05, 3.63) is 53.7 Å². The number of hydrogen-bond acceptors (Lipinski definition) is 4. The molecule has 3 saturated carbocycles. The van der Waals surface area contributed by atoms with E-state index in [1.54, 1.807) is 32.0 Å². The maximum absolute atomic E-state index is 11.8. The number of benzene rings is 1. The van der Waals surface area contributed by atoms with Gasteiger partial charge in [-0.3, -0.25) is 0 Å². The monoisotopic (exact) mass is 595 g/mol. The first-order chi connectivity index (χ1) is 20.3. The second kappa shape index (κ2) is 18.0. The lowest BCUT2D eigenvalue weighted by atomic mass is 9.46. The molecular weight excluding hydrogens is 528 g/mol. The molecule has 0 saturated heterocycles. The molecule has 0 radical (unpaired) electrons. The average molecular weight is 595 g/mol. The zero-order chi connectivity index (χ0) is 32.7. The fourth-order valence-electron chi connectivity index (χ4n) is 8.54. The number of unbranched alkanes of at least 4 members (excludes halogenated alkanes) is 2. The molecule has 1 aromatic rings. The minimum absolute atomic E-state index is 0.0896. The van der Waals surface area contributed by atoms with Crippen molar-refractivity contribution < 1.29 is 9.90 Å². The van der Waals surface area contributed by atoms with Gasteiger partial charge in [0.1, 0.15) is 5.94 Å². The van der Waals surface area contributed by atoms with E-state index in [2.05, 4.69) is 96.6 Å². The van der Waals surface area contributed by atoms with Crippen molar-refractivity contribution in [1.82, 2.24) is 4.90 Å². The van der Waals surface area contributed by atoms with Crippen molar-refractivity contribution in [3.8, 4) is 0 Å². The largest absolute Gasteiger partial charge is 0.385 e. The minimum atomic E-state index is -0.567. The molecule has 0 amide bonds. The van der Waals surface area contributed by atoms with E-state index in [4.69, 9.17) is 0 Å². The van der Waals surface area contributed by atoms with Gasteiger partial charge >= 0.3 is 0 Å². The van der Waals surface area contributed by atoms with Crippen LogP contribution in [-0.2, 0) is 11.2 Å². The Hall–Kier alpha value is -2.16. The van der Waals surface area contributed by atoms with Gasteiger partial charge in [-0.05, 0) is 112 Å². The highest BCUT2D eigenvalue weighted by Gasteiger charge is 2.69. The van der Waals surface area contributed by atoms with Crippen molar-refractivity contribution >= 4 is 12.7 Å². The van der Waals surface area contributed by atoms with Gasteiger partial charge in [0.15, 0.2) is 0 Å². The Balaban J connectivity index is 0.000000399. The number of allylic oxidation sites excluding steroid dienone is 1. The molecule has 1 spiro atoms. The van der Waals surface area contributed by atoms with Crippen LogP contribution in [0.15, 0.2) is 53.2 Å². The molecule has 1 aromatic carbocycles. The molecule has 4 heteroatoms. The standard InChI is InChI=1S/C23H40O.C10H14.C4H7NO.C2H5N/c1-7-9-12-21(6)18(4)10-14-22-15-20(5,13-11-19(21)22)23(24,16-22)17(3)8-2;1-2-3-7-10-8-5-4-6-9-10;1-5(2)3-4-6;1-3-2/h8,18-19,24H,7,9-16H2,1-6H3;4-6,8-9H,2-3,7H2,1H3;3H,1-2H3;1H2,2H3/b17-8+;;;/t18?,19?,20-,21+,22+,23-;;;/m0.../s1. The summed E-state index contributed by atoms with van der Waals surface area (Å²) in [5.41, 5.74) is 3.07. The van der Waals surface area contributed by atoms with E-state index in [1.807, 2.05) is 0 Å². The van der Waals surface area contributed by atoms with Crippen LogP contribution in [0.3, 0.4) is 0 Å². The van der Waals surface area contributed by atoms with Crippen LogP contribution in [-0.4, -0.2) is 49.4 Å². The number of fused-ring (bicyclic) bond motifs is 1. The van der Waals surface area contributed by atoms with Crippen LogP contribution < -0.4 is 0 Å². The van der Waals surface area contributed by atoms with E-state index >= 15 is 0 Å². The molecule has 0 heterocycles. The van der Waals surface area contributed by atoms with E-state index in [9.17, 15) is 9.90 Å². The number of carbonyl (C=O) groups excluding carboxylic acids is 1. The molecule has 2 bridgehead atoms. The van der Waals surface area contributed by atoms with Gasteiger partial charge in [0.05, 0.1) is 11.8 Å². The smallest absolute Gasteiger partial charge is 0.142 e. The highest BCUT2D eigenvalue weighted by molar-refractivity contribution is 5.43. The van der Waals surface area contributed by atoms with Crippen LogP contribution in [0.1, 0.15) is 125 Å². The molecule has 0 aromatic heterocycles. The molecule has 43 heavy (non-hydrogen) atoms. The van der Waals surface area contributed by atoms with E-state index in [0.29, 0.717) is 10.8 Å². The zero-order valence-corrected chi connectivity index (χ0v) is 29.6. The number of aryl methyl sites for hydroxylation is 1. The van der Waals surface area contributed by atoms with E-state index < -0.39 is 5.60 Å². The number of aliphatic imine (C=N–C) groups is 1. The van der Waals surface area contributed by atoms with Gasteiger partial charge in [-0.15, -0.1) is 0 Å². The van der Waals surface area contributed by atoms with Crippen LogP contribution in [0.2, 0.25) is 0 Å². The third kappa shape index (κ3) is 9.66. The van der Waals surface area contributed by atoms with Gasteiger partial charge in [0.25, 0.3) is 0 Å². The summed E-state index contributed by atoms with van der Waals surface area (Å²) in [4.78, 5) is 14.3. The van der Waals surface area contributed by atoms with Crippen molar-refractivity contribution in [3.63, 3.8) is 0 Å². The molecule has 2 unspecified atom stereocenters. The number of aliphatic hydroxyl groups is 1. The zero-order valence-electron chi connectivity index (χ0n) is 29.6. The SMILES string of the molecule is C/C=C(\C)[C@@]1(O)C[C@]23CCC(C)[C@@](C)(CCCC)C2CC[C@@]1(C)C3.C=NC.CCCCc1ccccc1.CN(C)C=C=O. The summed E-state index contributed by atoms with van der Waals surface area (Å²) in [6, 6.07) is 10.6. The molecule has 244 valence electrons. The Morgan fingerprint density at radius 1 is 1.09 bits per heavy atom. The van der Waals surface area contributed by atoms with Crippen LogP contribution >= 0.6 is 0 Å². The first-order valence-corrected chi connectivity index (χ1v) is 16.9. The fourth-order valence-corrected chi connectivity index (χ4v) is 8.54. The summed E-state index contributed by atoms with van der Waals surface area (Å²) >= 11 is 0. The predicted octanol–water partition coefficient (Wildman–Crippen LogP) is 9.75. The van der Waals surface area contributed by atoms with Gasteiger partial charge in [-0.25, -0.2) is 4.79 Å². The van der Waals surface area contributed by atoms with E-state index in [-0.39, 0.29) is 5.41 Å². The normalized spacial score (nSPS) is 32.2. The lowest BCUT2D eigenvalue weighted by Crippen LogP contribution is -2.50. The Morgan fingerprint density at radius 3 is 2.19 bits per heavy atom. The van der Waals surface area contributed by atoms with Crippen molar-refractivity contribution in [2.45, 2.75) is 131 Å². The minimum Gasteiger partial charge on any atom is -0.385 e. The molecule has 1 N–H and O–H groups in total. The lowest BCUT2D eigenvalue weighted by molar-refractivity contribution is -0.0944. The van der Waals surface area contributed by atoms with E-state index in [1.165, 1.54) is 88.0 Å². The molecule has 3 aliphatic rings. The Kier molecular flexibility index (Phi) is 16.2. The molecule has 0 aliphatic heterocycles. The molecule has 4 rings (SSSR count). The summed E-state index contributed by atoms with van der Waals surface area (Å²) in [5.74, 6) is 3.26. The maximum Gasteiger partial charge on any atom is 0.142 e. The fraction of sp³-hybridized carbons (Fsp3) is 0.718. The molecule has 4 nitrogen and oxygen atoms in total. The van der Waals surface area contributed by atoms with Crippen LogP contribution in [0.5, 0.6) is 0 Å². The first kappa shape index (κ1) is 38.9. The average Bonchev–Trinajstić information content (AvgIpc) is 3.15. The number of hydrogen-bond donors (Lipinski definition) is 1. The van der Waals surface area contributed by atoms with Crippen molar-refractivity contribution in [2.75, 3.05) is 21.1 Å². The second-order valence-electron chi connectivity index (χ2n) is 14.4. The van der Waals surface area contributed by atoms with Gasteiger partial charge < -0.3 is 15.0 Å². The maximum atomic E-state index is 11.8. The van der Waals surface area contributed by atoms with Crippen LogP contribution in [0, 0.1) is 28.1 Å². The van der Waals surface area contributed by atoms with E-state index in [0.717, 1.165) is 18.3 Å². The number of nitrogens with zero attached hydrogens (tertiary/aromatic N) is 2. The highest BCUT2D eigenvalue weighted by Crippen LogP contribution is 2.74. The van der Waals surface area contributed by atoms with Gasteiger partial charge in [-0.2, -0.15) is 0 Å². The van der Waals surface area contributed by atoms with Crippen LogP contribution in [0.25, 0.3) is 0 Å². The summed E-state index contributed by atoms with van der Waals surface area (Å²) in [6.45, 7) is 19.4. The quantitative estimate of drug-likeness (QED) is 0.185. The third-order valence-corrected chi connectivity index (χ3v) is 11.2. The third-order valence-electron chi connectivity index (χ3n) is 11.2. The topological polar surface area (TPSA) is 52.9 Å². The van der Waals surface area contributed by atoms with Crippen molar-refractivity contribution in [2.24, 2.45) is 33.1 Å². The van der Waals surface area contributed by atoms with Crippen molar-refractivity contribution in [1.29, 1.82) is 0 Å². The Morgan fingerprint density at radius 2 is 1.70 bits per heavy atom. The molecule has 3 aliphatic carbocycles. The number of rotatable bonds is 8. The van der Waals surface area contributed by atoms with Crippen LogP contribution in [0.4, 0.5) is 0 Å². The highest BCUT2D eigenvalue weighted by atomic mass is 16.3. The summed E-state index contributed by atoms with van der Waals surface area (Å²) < 4.78 is 0. The predicted molar refractivity (Wildman–Crippen MR) is 187 cm³/mol. The molecule has 3 fully saturated rings. The summed E-state index contributed by atoms with van der Waals surface area (Å²) in [6.07, 6.45) is 18.9. The molecule has 6 atom stereocenters. The Labute approximate surface area is 266 Å². The first-order valence-electron chi connectivity index (χ1n) is 16.9.